The predicted molar refractivity (Wildman–Crippen MR) is 80.9 cm³/mol. The Balaban J connectivity index is 2.98. The smallest absolute Gasteiger partial charge is 0.119 e. The maximum absolute atomic E-state index is 10.1. The maximum atomic E-state index is 10.1. The number of hydrogen-bond acceptors (Lipinski definition) is 1. The molecule has 0 radical (unpaired) electrons. The van der Waals surface area contributed by atoms with Gasteiger partial charge in [-0.1, -0.05) is 70.4 Å². The Labute approximate surface area is 114 Å². The molecular formula is C17H32O. The highest BCUT2D eigenvalue weighted by Gasteiger charge is 1.91. The standard InChI is InChI=1S/C17H32O/c1-2-3-4-5-6-7-8-9-10-11-12-13-14-15-16-17-18/h5-6,17H,2-4,7-16H2,1H3/b6-5+. The fourth-order valence-electron chi connectivity index (χ4n) is 2.11. The van der Waals surface area contributed by atoms with E-state index in [2.05, 4.69) is 19.1 Å². The van der Waals surface area contributed by atoms with Gasteiger partial charge in [0.25, 0.3) is 0 Å². The van der Waals surface area contributed by atoms with Crippen molar-refractivity contribution in [3.63, 3.8) is 0 Å². The van der Waals surface area contributed by atoms with Crippen molar-refractivity contribution in [1.29, 1.82) is 0 Å². The van der Waals surface area contributed by atoms with E-state index in [0.717, 1.165) is 19.1 Å². The van der Waals surface area contributed by atoms with E-state index in [-0.39, 0.29) is 0 Å². The van der Waals surface area contributed by atoms with Crippen LogP contribution in [0.2, 0.25) is 0 Å². The lowest BCUT2D eigenvalue weighted by atomic mass is 10.1. The number of aldehydes is 1. The zero-order valence-corrected chi connectivity index (χ0v) is 12.3. The van der Waals surface area contributed by atoms with Crippen molar-refractivity contribution in [2.45, 2.75) is 90.4 Å². The molecule has 0 aromatic carbocycles. The van der Waals surface area contributed by atoms with Crippen LogP contribution in [-0.4, -0.2) is 6.29 Å². The van der Waals surface area contributed by atoms with Crippen molar-refractivity contribution in [3.8, 4) is 0 Å². The lowest BCUT2D eigenvalue weighted by Crippen LogP contribution is -1.82. The molecule has 0 saturated heterocycles. The van der Waals surface area contributed by atoms with Gasteiger partial charge in [-0.2, -0.15) is 0 Å². The number of unbranched alkanes of at least 4 members (excludes halogenated alkanes) is 11. The largest absolute Gasteiger partial charge is 0.303 e. The van der Waals surface area contributed by atoms with Crippen LogP contribution < -0.4 is 0 Å². The van der Waals surface area contributed by atoms with Crippen molar-refractivity contribution < 1.29 is 4.79 Å². The first-order valence-corrected chi connectivity index (χ1v) is 8.00. The molecule has 0 saturated carbocycles. The van der Waals surface area contributed by atoms with Crippen molar-refractivity contribution in [1.82, 2.24) is 0 Å². The van der Waals surface area contributed by atoms with Gasteiger partial charge in [-0.05, 0) is 25.7 Å². The van der Waals surface area contributed by atoms with Crippen molar-refractivity contribution in [2.75, 3.05) is 0 Å². The monoisotopic (exact) mass is 252 g/mol. The van der Waals surface area contributed by atoms with E-state index in [4.69, 9.17) is 0 Å². The number of carbonyl (C=O) groups is 1. The van der Waals surface area contributed by atoms with Crippen LogP contribution in [0.25, 0.3) is 0 Å². The van der Waals surface area contributed by atoms with E-state index in [1.165, 1.54) is 70.6 Å². The summed E-state index contributed by atoms with van der Waals surface area (Å²) in [5, 5.41) is 0. The van der Waals surface area contributed by atoms with E-state index < -0.39 is 0 Å². The van der Waals surface area contributed by atoms with Crippen LogP contribution in [0.4, 0.5) is 0 Å². The SMILES string of the molecule is CCCC/C=C/CCCCCCCCCCC=O. The molecule has 0 spiro atoms. The third-order valence-electron chi connectivity index (χ3n) is 3.33. The molecule has 0 N–H and O–H groups in total. The van der Waals surface area contributed by atoms with Gasteiger partial charge >= 0.3 is 0 Å². The lowest BCUT2D eigenvalue weighted by Gasteiger charge is -2.00. The molecule has 0 aromatic heterocycles. The number of allylic oxidation sites excluding steroid dienone is 2. The molecule has 0 aliphatic heterocycles. The molecule has 0 aromatic rings. The summed E-state index contributed by atoms with van der Waals surface area (Å²) in [6.07, 6.45) is 22.1. The topological polar surface area (TPSA) is 17.1 Å². The first-order chi connectivity index (χ1) is 8.91. The van der Waals surface area contributed by atoms with E-state index in [1.54, 1.807) is 0 Å². The first-order valence-electron chi connectivity index (χ1n) is 8.00. The van der Waals surface area contributed by atoms with E-state index >= 15 is 0 Å². The highest BCUT2D eigenvalue weighted by molar-refractivity contribution is 5.48. The van der Waals surface area contributed by atoms with Gasteiger partial charge in [-0.25, -0.2) is 0 Å². The number of carbonyl (C=O) groups excluding carboxylic acids is 1. The van der Waals surface area contributed by atoms with Crippen LogP contribution in [0.3, 0.4) is 0 Å². The van der Waals surface area contributed by atoms with Gasteiger partial charge in [0.2, 0.25) is 0 Å². The molecule has 0 aliphatic carbocycles. The zero-order chi connectivity index (χ0) is 13.3. The minimum Gasteiger partial charge on any atom is -0.303 e. The second-order valence-electron chi connectivity index (χ2n) is 5.19. The molecule has 0 amide bonds. The van der Waals surface area contributed by atoms with Gasteiger partial charge in [0, 0.05) is 6.42 Å². The molecule has 0 unspecified atom stereocenters. The van der Waals surface area contributed by atoms with Crippen molar-refractivity contribution >= 4 is 6.29 Å². The van der Waals surface area contributed by atoms with Gasteiger partial charge < -0.3 is 4.79 Å². The average Bonchev–Trinajstić information content (AvgIpc) is 2.39. The maximum Gasteiger partial charge on any atom is 0.119 e. The second kappa shape index (κ2) is 16.4. The molecule has 1 nitrogen and oxygen atoms in total. The Hall–Kier alpha value is -0.590. The molecule has 18 heavy (non-hydrogen) atoms. The van der Waals surface area contributed by atoms with Crippen LogP contribution in [0, 0.1) is 0 Å². The van der Waals surface area contributed by atoms with Crippen molar-refractivity contribution in [3.05, 3.63) is 12.2 Å². The predicted octanol–water partition coefficient (Wildman–Crippen LogP) is 5.83. The van der Waals surface area contributed by atoms with Crippen LogP contribution in [0.15, 0.2) is 12.2 Å². The summed E-state index contributed by atoms with van der Waals surface area (Å²) in [6, 6.07) is 0. The molecular weight excluding hydrogens is 220 g/mol. The third kappa shape index (κ3) is 15.4. The summed E-state index contributed by atoms with van der Waals surface area (Å²) >= 11 is 0. The molecule has 1 heteroatoms. The fourth-order valence-corrected chi connectivity index (χ4v) is 2.11. The lowest BCUT2D eigenvalue weighted by molar-refractivity contribution is -0.107. The van der Waals surface area contributed by atoms with Crippen LogP contribution >= 0.6 is 0 Å². The third-order valence-corrected chi connectivity index (χ3v) is 3.33. The van der Waals surface area contributed by atoms with Gasteiger partial charge in [0.15, 0.2) is 0 Å². The minimum absolute atomic E-state index is 0.754. The van der Waals surface area contributed by atoms with E-state index in [0.29, 0.717) is 0 Å². The molecule has 106 valence electrons. The summed E-state index contributed by atoms with van der Waals surface area (Å²) in [4.78, 5) is 10.1. The molecule has 0 heterocycles. The molecule has 0 bridgehead atoms. The summed E-state index contributed by atoms with van der Waals surface area (Å²) < 4.78 is 0. The van der Waals surface area contributed by atoms with Crippen molar-refractivity contribution in [2.24, 2.45) is 0 Å². The van der Waals surface area contributed by atoms with Gasteiger partial charge in [-0.3, -0.25) is 0 Å². The summed E-state index contributed by atoms with van der Waals surface area (Å²) in [5.74, 6) is 0. The van der Waals surface area contributed by atoms with Crippen LogP contribution in [-0.2, 0) is 4.79 Å². The highest BCUT2D eigenvalue weighted by Crippen LogP contribution is 2.10. The fraction of sp³-hybridized carbons (Fsp3) is 0.824. The van der Waals surface area contributed by atoms with Crippen LogP contribution in [0.1, 0.15) is 90.4 Å². The van der Waals surface area contributed by atoms with Gasteiger partial charge in [-0.15, -0.1) is 0 Å². The normalized spacial score (nSPS) is 11.2. The Morgan fingerprint density at radius 2 is 1.06 bits per heavy atom. The average molecular weight is 252 g/mol. The Bertz CT molecular complexity index is 184. The minimum atomic E-state index is 0.754. The van der Waals surface area contributed by atoms with Gasteiger partial charge in [0.05, 0.1) is 0 Å². The molecule has 0 rings (SSSR count). The first kappa shape index (κ1) is 17.4. The highest BCUT2D eigenvalue weighted by atomic mass is 16.1. The van der Waals surface area contributed by atoms with Gasteiger partial charge in [0.1, 0.15) is 6.29 Å². The number of rotatable bonds is 14. The Morgan fingerprint density at radius 3 is 1.56 bits per heavy atom. The van der Waals surface area contributed by atoms with E-state index in [1.807, 2.05) is 0 Å². The summed E-state index contributed by atoms with van der Waals surface area (Å²) in [5.41, 5.74) is 0. The molecule has 0 aliphatic rings. The molecule has 0 atom stereocenters. The summed E-state index contributed by atoms with van der Waals surface area (Å²) in [6.45, 7) is 2.24. The Kier molecular flexibility index (Phi) is 15.9. The quantitative estimate of drug-likeness (QED) is 0.216. The Morgan fingerprint density at radius 1 is 0.611 bits per heavy atom. The molecule has 0 fully saturated rings. The second-order valence-corrected chi connectivity index (χ2v) is 5.19. The van der Waals surface area contributed by atoms with E-state index in [9.17, 15) is 4.79 Å². The van der Waals surface area contributed by atoms with Crippen LogP contribution in [0.5, 0.6) is 0 Å². The zero-order valence-electron chi connectivity index (χ0n) is 12.3. The summed E-state index contributed by atoms with van der Waals surface area (Å²) in [7, 11) is 0. The number of hydrogen-bond donors (Lipinski definition) is 0.